The minimum Gasteiger partial charge on any atom is -0.459 e. The Labute approximate surface area is 128 Å². The Balaban J connectivity index is 3.03. The molecule has 0 heterocycles. The highest BCUT2D eigenvalue weighted by molar-refractivity contribution is 14.1. The zero-order valence-corrected chi connectivity index (χ0v) is 14.0. The van der Waals surface area contributed by atoms with Crippen LogP contribution in [0.15, 0.2) is 24.3 Å². The van der Waals surface area contributed by atoms with Crippen LogP contribution in [0.1, 0.15) is 38.9 Å². The van der Waals surface area contributed by atoms with Crippen LogP contribution in [0.25, 0.3) is 0 Å². The Hall–Kier alpha value is -0.620. The van der Waals surface area contributed by atoms with Crippen LogP contribution < -0.4 is 0 Å². The lowest BCUT2D eigenvalue weighted by Gasteiger charge is -2.29. The van der Waals surface area contributed by atoms with Crippen LogP contribution in [-0.2, 0) is 14.3 Å². The third kappa shape index (κ3) is 4.45. The van der Waals surface area contributed by atoms with Gasteiger partial charge in [-0.1, -0.05) is 39.0 Å². The third-order valence-electron chi connectivity index (χ3n) is 2.98. The molecule has 0 saturated heterocycles. The number of esters is 1. The van der Waals surface area contributed by atoms with Gasteiger partial charge in [0.15, 0.2) is 0 Å². The first-order chi connectivity index (χ1) is 9.01. The van der Waals surface area contributed by atoms with Gasteiger partial charge >= 0.3 is 5.97 Å². The van der Waals surface area contributed by atoms with Crippen molar-refractivity contribution < 1.29 is 14.3 Å². The summed E-state index contributed by atoms with van der Waals surface area (Å²) < 4.78 is 12.3. The summed E-state index contributed by atoms with van der Waals surface area (Å²) in [5.41, 5.74) is 1.06. The minimum atomic E-state index is -0.270. The predicted octanol–water partition coefficient (Wildman–Crippen LogP) is 3.96. The predicted molar refractivity (Wildman–Crippen MR) is 83.9 cm³/mol. The summed E-state index contributed by atoms with van der Waals surface area (Å²) in [7, 11) is 1.66. The molecule has 1 aromatic carbocycles. The van der Waals surface area contributed by atoms with E-state index >= 15 is 0 Å². The van der Waals surface area contributed by atoms with Gasteiger partial charge in [0, 0.05) is 17.1 Å². The van der Waals surface area contributed by atoms with E-state index in [2.05, 4.69) is 22.6 Å². The normalized spacial score (nSPS) is 14.2. The first-order valence-corrected chi connectivity index (χ1v) is 7.55. The van der Waals surface area contributed by atoms with Gasteiger partial charge in [0.1, 0.15) is 12.2 Å². The summed E-state index contributed by atoms with van der Waals surface area (Å²) in [5.74, 6) is 0.00291. The van der Waals surface area contributed by atoms with E-state index in [-0.39, 0.29) is 24.1 Å². The molecule has 0 saturated carbocycles. The van der Waals surface area contributed by atoms with Gasteiger partial charge < -0.3 is 9.47 Å². The number of hydrogen-bond donors (Lipinski definition) is 0. The molecule has 0 spiro atoms. The van der Waals surface area contributed by atoms with Crippen molar-refractivity contribution >= 4 is 28.6 Å². The van der Waals surface area contributed by atoms with Crippen LogP contribution >= 0.6 is 22.6 Å². The Morgan fingerprint density at radius 3 is 2.42 bits per heavy atom. The smallest absolute Gasteiger partial charge is 0.305 e. The molecule has 0 aliphatic rings. The zero-order chi connectivity index (χ0) is 14.4. The molecule has 0 aliphatic carbocycles. The van der Waals surface area contributed by atoms with Gasteiger partial charge in [0.2, 0.25) is 0 Å². The number of halogens is 1. The van der Waals surface area contributed by atoms with Crippen LogP contribution in [-0.4, -0.2) is 19.2 Å². The Morgan fingerprint density at radius 1 is 1.32 bits per heavy atom. The fraction of sp³-hybridized carbons (Fsp3) is 0.533. The van der Waals surface area contributed by atoms with Crippen LogP contribution in [0, 0.1) is 9.49 Å². The van der Waals surface area contributed by atoms with E-state index in [0.29, 0.717) is 6.42 Å². The topological polar surface area (TPSA) is 35.5 Å². The van der Waals surface area contributed by atoms with E-state index in [1.807, 2.05) is 38.1 Å². The second kappa shape index (κ2) is 7.85. The van der Waals surface area contributed by atoms with Crippen molar-refractivity contribution in [1.29, 1.82) is 0 Å². The Kier molecular flexibility index (Phi) is 6.79. The number of benzene rings is 1. The summed E-state index contributed by atoms with van der Waals surface area (Å²) in [6.45, 7) is 5.87. The van der Waals surface area contributed by atoms with Crippen molar-refractivity contribution in [2.45, 2.75) is 39.4 Å². The molecule has 1 aromatic rings. The number of methoxy groups -OCH3 is 1. The molecular weight excluding hydrogens is 355 g/mol. The largest absolute Gasteiger partial charge is 0.459 e. The molecule has 4 heteroatoms. The van der Waals surface area contributed by atoms with Gasteiger partial charge in [-0.3, -0.25) is 4.79 Å². The fourth-order valence-electron chi connectivity index (χ4n) is 1.93. The average Bonchev–Trinajstić information content (AvgIpc) is 2.39. The minimum absolute atomic E-state index is 0.188. The number of ether oxygens (including phenoxy) is 2. The van der Waals surface area contributed by atoms with Gasteiger partial charge in [0.25, 0.3) is 0 Å². The van der Waals surface area contributed by atoms with E-state index < -0.39 is 0 Å². The molecule has 0 bridgehead atoms. The SMILES string of the molecule is CCC(=O)O[C@@H](C(C)C)[C@@H](OC)c1ccccc1I. The zero-order valence-electron chi connectivity index (χ0n) is 11.9. The average molecular weight is 376 g/mol. The highest BCUT2D eigenvalue weighted by Crippen LogP contribution is 2.31. The summed E-state index contributed by atoms with van der Waals surface area (Å²) in [4.78, 5) is 11.6. The molecule has 0 amide bonds. The van der Waals surface area contributed by atoms with Crippen molar-refractivity contribution in [1.82, 2.24) is 0 Å². The Morgan fingerprint density at radius 2 is 1.95 bits per heavy atom. The molecule has 1 rings (SSSR count). The molecule has 2 atom stereocenters. The molecule has 0 aliphatic heterocycles. The van der Waals surface area contributed by atoms with Gasteiger partial charge in [-0.05, 0) is 40.1 Å². The summed E-state index contributed by atoms with van der Waals surface area (Å²) in [6, 6.07) is 8.01. The summed E-state index contributed by atoms with van der Waals surface area (Å²) in [6.07, 6.45) is -0.122. The molecule has 0 radical (unpaired) electrons. The molecule has 0 N–H and O–H groups in total. The first-order valence-electron chi connectivity index (χ1n) is 6.47. The maximum atomic E-state index is 11.6. The van der Waals surface area contributed by atoms with Crippen LogP contribution in [0.3, 0.4) is 0 Å². The van der Waals surface area contributed by atoms with E-state index in [9.17, 15) is 4.79 Å². The number of carbonyl (C=O) groups is 1. The summed E-state index contributed by atoms with van der Waals surface area (Å²) >= 11 is 2.28. The van der Waals surface area contributed by atoms with E-state index in [0.717, 1.165) is 9.13 Å². The number of carbonyl (C=O) groups excluding carboxylic acids is 1. The lowest BCUT2D eigenvalue weighted by atomic mass is 9.95. The summed E-state index contributed by atoms with van der Waals surface area (Å²) in [5, 5.41) is 0. The molecule has 19 heavy (non-hydrogen) atoms. The molecule has 3 nitrogen and oxygen atoms in total. The molecule has 0 unspecified atom stereocenters. The molecular formula is C15H21IO3. The van der Waals surface area contributed by atoms with Crippen LogP contribution in [0.5, 0.6) is 0 Å². The third-order valence-corrected chi connectivity index (χ3v) is 3.96. The molecule has 0 aromatic heterocycles. The van der Waals surface area contributed by atoms with E-state index in [1.54, 1.807) is 14.0 Å². The van der Waals surface area contributed by atoms with Crippen LogP contribution in [0.4, 0.5) is 0 Å². The lowest BCUT2D eigenvalue weighted by molar-refractivity contribution is -0.160. The lowest BCUT2D eigenvalue weighted by Crippen LogP contribution is -2.31. The highest BCUT2D eigenvalue weighted by Gasteiger charge is 2.30. The van der Waals surface area contributed by atoms with Crippen molar-refractivity contribution in [3.63, 3.8) is 0 Å². The van der Waals surface area contributed by atoms with Crippen LogP contribution in [0.2, 0.25) is 0 Å². The van der Waals surface area contributed by atoms with Gasteiger partial charge in [-0.25, -0.2) is 0 Å². The fourth-order valence-corrected chi connectivity index (χ4v) is 2.62. The van der Waals surface area contributed by atoms with Crippen molar-refractivity contribution in [2.75, 3.05) is 7.11 Å². The van der Waals surface area contributed by atoms with Gasteiger partial charge in [-0.15, -0.1) is 0 Å². The highest BCUT2D eigenvalue weighted by atomic mass is 127. The van der Waals surface area contributed by atoms with Crippen molar-refractivity contribution in [3.05, 3.63) is 33.4 Å². The van der Waals surface area contributed by atoms with Gasteiger partial charge in [0.05, 0.1) is 0 Å². The Bertz CT molecular complexity index is 418. The van der Waals surface area contributed by atoms with Gasteiger partial charge in [-0.2, -0.15) is 0 Å². The second-order valence-electron chi connectivity index (χ2n) is 4.73. The molecule has 0 fully saturated rings. The van der Waals surface area contributed by atoms with E-state index in [1.165, 1.54) is 0 Å². The maximum Gasteiger partial charge on any atom is 0.305 e. The molecule has 106 valence electrons. The van der Waals surface area contributed by atoms with Crippen molar-refractivity contribution in [2.24, 2.45) is 5.92 Å². The quantitative estimate of drug-likeness (QED) is 0.557. The van der Waals surface area contributed by atoms with Crippen molar-refractivity contribution in [3.8, 4) is 0 Å². The standard InChI is InChI=1S/C15H21IO3/c1-5-13(17)19-14(10(2)3)15(18-4)11-8-6-7-9-12(11)16/h6-10,14-15H,5H2,1-4H3/t14-,15-/m0/s1. The monoisotopic (exact) mass is 376 g/mol. The second-order valence-corrected chi connectivity index (χ2v) is 5.89. The maximum absolute atomic E-state index is 11.6. The first kappa shape index (κ1) is 16.4. The van der Waals surface area contributed by atoms with E-state index in [4.69, 9.17) is 9.47 Å². The number of rotatable bonds is 6. The number of hydrogen-bond acceptors (Lipinski definition) is 3.